The Morgan fingerprint density at radius 1 is 1.43 bits per heavy atom. The molecule has 1 atom stereocenters. The number of nitro benzene ring substituents is 1. The van der Waals surface area contributed by atoms with Gasteiger partial charge in [0, 0.05) is 11.8 Å². The fraction of sp³-hybridized carbons (Fsp3) is 0.429. The lowest BCUT2D eigenvalue weighted by molar-refractivity contribution is -0.383. The summed E-state index contributed by atoms with van der Waals surface area (Å²) in [5, 5.41) is 25.1. The van der Waals surface area contributed by atoms with Gasteiger partial charge in [-0.3, -0.25) is 19.7 Å². The van der Waals surface area contributed by atoms with Crippen molar-refractivity contribution in [3.8, 4) is 0 Å². The first-order valence-electron chi connectivity index (χ1n) is 7.15. The summed E-state index contributed by atoms with van der Waals surface area (Å²) in [6.07, 6.45) is 1.42. The van der Waals surface area contributed by atoms with Crippen molar-refractivity contribution in [1.82, 2.24) is 5.32 Å². The molecule has 0 saturated heterocycles. The maximum atomic E-state index is 11.9. The van der Waals surface area contributed by atoms with Gasteiger partial charge in [0.15, 0.2) is 0 Å². The van der Waals surface area contributed by atoms with Crippen LogP contribution in [0, 0.1) is 10.1 Å². The number of amides is 1. The summed E-state index contributed by atoms with van der Waals surface area (Å²) in [5.41, 5.74) is 5.32. The number of nitro groups is 1. The van der Waals surface area contributed by atoms with E-state index >= 15 is 0 Å². The SMILES string of the molecule is CCCCNC(CC(=O)Nc1ccc(N)c([N+](=O)[O-])c1)C(=O)O. The van der Waals surface area contributed by atoms with Gasteiger partial charge in [0.1, 0.15) is 11.7 Å². The molecule has 5 N–H and O–H groups in total. The molecule has 0 bridgehead atoms. The average molecular weight is 324 g/mol. The second kappa shape index (κ2) is 8.69. The second-order valence-electron chi connectivity index (χ2n) is 4.98. The van der Waals surface area contributed by atoms with Crippen molar-refractivity contribution in [3.05, 3.63) is 28.3 Å². The molecule has 9 nitrogen and oxygen atoms in total. The number of rotatable bonds is 9. The molecule has 126 valence electrons. The number of carboxylic acid groups (broad SMARTS) is 1. The van der Waals surface area contributed by atoms with Gasteiger partial charge in [0.25, 0.3) is 5.69 Å². The molecule has 0 aromatic heterocycles. The third-order valence-corrected chi connectivity index (χ3v) is 3.12. The van der Waals surface area contributed by atoms with E-state index in [-0.39, 0.29) is 23.5 Å². The zero-order chi connectivity index (χ0) is 17.4. The van der Waals surface area contributed by atoms with E-state index in [2.05, 4.69) is 10.6 Å². The quantitative estimate of drug-likeness (QED) is 0.232. The van der Waals surface area contributed by atoms with E-state index < -0.39 is 22.8 Å². The summed E-state index contributed by atoms with van der Waals surface area (Å²) < 4.78 is 0. The molecule has 0 fully saturated rings. The van der Waals surface area contributed by atoms with Crippen molar-refractivity contribution < 1.29 is 19.6 Å². The molecule has 0 aliphatic rings. The van der Waals surface area contributed by atoms with Gasteiger partial charge in [-0.25, -0.2) is 0 Å². The predicted octanol–water partition coefficient (Wildman–Crippen LogP) is 1.35. The number of anilines is 2. The van der Waals surface area contributed by atoms with Crippen molar-refractivity contribution in [2.75, 3.05) is 17.6 Å². The van der Waals surface area contributed by atoms with Gasteiger partial charge in [0.2, 0.25) is 5.91 Å². The number of hydrogen-bond acceptors (Lipinski definition) is 6. The molecule has 0 aliphatic heterocycles. The minimum absolute atomic E-state index is 0.0161. The smallest absolute Gasteiger partial charge is 0.321 e. The Labute approximate surface area is 133 Å². The maximum absolute atomic E-state index is 11.9. The first-order chi connectivity index (χ1) is 10.8. The number of nitrogen functional groups attached to an aromatic ring is 1. The van der Waals surface area contributed by atoms with Crippen molar-refractivity contribution >= 4 is 28.9 Å². The molecule has 0 aliphatic carbocycles. The molecule has 1 aromatic rings. The fourth-order valence-electron chi connectivity index (χ4n) is 1.88. The zero-order valence-corrected chi connectivity index (χ0v) is 12.7. The molecule has 1 unspecified atom stereocenters. The highest BCUT2D eigenvalue weighted by molar-refractivity contribution is 5.94. The van der Waals surface area contributed by atoms with Gasteiger partial charge in [0.05, 0.1) is 11.3 Å². The van der Waals surface area contributed by atoms with Crippen molar-refractivity contribution in [2.24, 2.45) is 0 Å². The molecule has 0 spiro atoms. The van der Waals surface area contributed by atoms with Crippen LogP contribution in [-0.4, -0.2) is 34.5 Å². The van der Waals surface area contributed by atoms with Gasteiger partial charge in [-0.2, -0.15) is 0 Å². The molecular weight excluding hydrogens is 304 g/mol. The molecule has 23 heavy (non-hydrogen) atoms. The highest BCUT2D eigenvalue weighted by Crippen LogP contribution is 2.25. The minimum Gasteiger partial charge on any atom is -0.480 e. The topological polar surface area (TPSA) is 148 Å². The lowest BCUT2D eigenvalue weighted by Gasteiger charge is -2.14. The van der Waals surface area contributed by atoms with Crippen molar-refractivity contribution in [1.29, 1.82) is 0 Å². The molecular formula is C14H20N4O5. The number of carbonyl (C=O) groups is 2. The Balaban J connectivity index is 2.69. The number of nitrogens with one attached hydrogen (secondary N) is 2. The van der Waals surface area contributed by atoms with Gasteiger partial charge in [-0.15, -0.1) is 0 Å². The summed E-state index contributed by atoms with van der Waals surface area (Å²) in [6, 6.07) is 2.85. The standard InChI is InChI=1S/C14H20N4O5/c1-2-3-6-16-11(14(20)21)8-13(19)17-9-4-5-10(15)12(7-9)18(22)23/h4-5,7,11,16H,2-3,6,8,15H2,1H3,(H,17,19)(H,20,21). The normalized spacial score (nSPS) is 11.7. The van der Waals surface area contributed by atoms with Crippen LogP contribution >= 0.6 is 0 Å². The summed E-state index contributed by atoms with van der Waals surface area (Å²) in [4.78, 5) is 33.2. The maximum Gasteiger partial charge on any atom is 0.321 e. The first kappa shape index (κ1) is 18.4. The Hall–Kier alpha value is -2.68. The van der Waals surface area contributed by atoms with E-state index in [1.54, 1.807) is 0 Å². The molecule has 9 heteroatoms. The van der Waals surface area contributed by atoms with Crippen LogP contribution in [0.2, 0.25) is 0 Å². The van der Waals surface area contributed by atoms with Crippen LogP contribution in [0.15, 0.2) is 18.2 Å². The number of carboxylic acids is 1. The minimum atomic E-state index is -1.13. The van der Waals surface area contributed by atoms with E-state index in [0.29, 0.717) is 6.54 Å². The van der Waals surface area contributed by atoms with E-state index in [9.17, 15) is 19.7 Å². The number of nitrogens with two attached hydrogens (primary N) is 1. The van der Waals surface area contributed by atoms with Gasteiger partial charge in [-0.05, 0) is 25.1 Å². The number of aliphatic carboxylic acids is 1. The van der Waals surface area contributed by atoms with Crippen LogP contribution in [-0.2, 0) is 9.59 Å². The number of unbranched alkanes of at least 4 members (excludes halogenated alkanes) is 1. The van der Waals surface area contributed by atoms with Crippen LogP contribution in [0.1, 0.15) is 26.2 Å². The van der Waals surface area contributed by atoms with E-state index in [1.165, 1.54) is 12.1 Å². The van der Waals surface area contributed by atoms with Crippen LogP contribution in [0.25, 0.3) is 0 Å². The summed E-state index contributed by atoms with van der Waals surface area (Å²) >= 11 is 0. The Bertz CT molecular complexity index is 591. The van der Waals surface area contributed by atoms with Gasteiger partial charge in [-0.1, -0.05) is 13.3 Å². The third kappa shape index (κ3) is 5.91. The highest BCUT2D eigenvalue weighted by Gasteiger charge is 2.21. The largest absolute Gasteiger partial charge is 0.480 e. The average Bonchev–Trinajstić information content (AvgIpc) is 2.48. The highest BCUT2D eigenvalue weighted by atomic mass is 16.6. The van der Waals surface area contributed by atoms with Crippen molar-refractivity contribution in [3.63, 3.8) is 0 Å². The van der Waals surface area contributed by atoms with Crippen LogP contribution in [0.3, 0.4) is 0 Å². The summed E-state index contributed by atoms with van der Waals surface area (Å²) in [7, 11) is 0. The molecule has 0 saturated carbocycles. The number of carbonyl (C=O) groups excluding carboxylic acids is 1. The molecule has 1 amide bonds. The van der Waals surface area contributed by atoms with Crippen molar-refractivity contribution in [2.45, 2.75) is 32.2 Å². The zero-order valence-electron chi connectivity index (χ0n) is 12.7. The monoisotopic (exact) mass is 324 g/mol. The lowest BCUT2D eigenvalue weighted by atomic mass is 10.1. The number of hydrogen-bond donors (Lipinski definition) is 4. The molecule has 1 rings (SSSR count). The number of benzene rings is 1. The number of nitrogens with zero attached hydrogens (tertiary/aromatic N) is 1. The molecule has 0 heterocycles. The van der Waals surface area contributed by atoms with E-state index in [1.807, 2.05) is 6.92 Å². The van der Waals surface area contributed by atoms with E-state index in [4.69, 9.17) is 10.8 Å². The molecule has 0 radical (unpaired) electrons. The van der Waals surface area contributed by atoms with Gasteiger partial charge < -0.3 is 21.5 Å². The van der Waals surface area contributed by atoms with Crippen LogP contribution in [0.5, 0.6) is 0 Å². The fourth-order valence-corrected chi connectivity index (χ4v) is 1.88. The Morgan fingerprint density at radius 3 is 2.70 bits per heavy atom. The summed E-state index contributed by atoms with van der Waals surface area (Å²) in [5.74, 6) is -1.68. The predicted molar refractivity (Wildman–Crippen MR) is 85.1 cm³/mol. The Morgan fingerprint density at radius 2 is 2.13 bits per heavy atom. The first-order valence-corrected chi connectivity index (χ1v) is 7.15. The molecule has 1 aromatic carbocycles. The van der Waals surface area contributed by atoms with E-state index in [0.717, 1.165) is 18.9 Å². The van der Waals surface area contributed by atoms with Crippen LogP contribution in [0.4, 0.5) is 17.1 Å². The Kier molecular flexibility index (Phi) is 6.94. The van der Waals surface area contributed by atoms with Gasteiger partial charge >= 0.3 is 5.97 Å². The second-order valence-corrected chi connectivity index (χ2v) is 4.98. The van der Waals surface area contributed by atoms with Crippen LogP contribution < -0.4 is 16.4 Å². The third-order valence-electron chi connectivity index (χ3n) is 3.12. The summed E-state index contributed by atoms with van der Waals surface area (Å²) in [6.45, 7) is 2.46. The lowest BCUT2D eigenvalue weighted by Crippen LogP contribution is -2.40.